The van der Waals surface area contributed by atoms with E-state index in [1.807, 2.05) is 6.07 Å². The van der Waals surface area contributed by atoms with Gasteiger partial charge in [-0.1, -0.05) is 35.9 Å². The van der Waals surface area contributed by atoms with Gasteiger partial charge in [0.15, 0.2) is 5.82 Å². The predicted octanol–water partition coefficient (Wildman–Crippen LogP) is 4.40. The molecule has 3 aromatic rings. The SMILES string of the molecule is Cc1[nH]c2c(N3CCc4ccccc4C3)nc(Cl)cc2c1C. The maximum Gasteiger partial charge on any atom is 0.155 e. The molecule has 1 aliphatic rings. The van der Waals surface area contributed by atoms with Gasteiger partial charge in [-0.25, -0.2) is 4.98 Å². The fraction of sp³-hybridized carbons (Fsp3) is 0.278. The molecule has 4 rings (SSSR count). The van der Waals surface area contributed by atoms with E-state index in [0.29, 0.717) is 5.15 Å². The Morgan fingerprint density at radius 2 is 1.95 bits per heavy atom. The molecule has 1 aromatic carbocycles. The van der Waals surface area contributed by atoms with E-state index in [9.17, 15) is 0 Å². The van der Waals surface area contributed by atoms with E-state index in [1.165, 1.54) is 27.8 Å². The van der Waals surface area contributed by atoms with Crippen LogP contribution in [0.15, 0.2) is 30.3 Å². The largest absolute Gasteiger partial charge is 0.355 e. The lowest BCUT2D eigenvalue weighted by atomic mass is 10.00. The molecule has 0 amide bonds. The molecule has 0 atom stereocenters. The van der Waals surface area contributed by atoms with E-state index in [-0.39, 0.29) is 0 Å². The summed E-state index contributed by atoms with van der Waals surface area (Å²) in [5, 5.41) is 1.73. The molecule has 4 heteroatoms. The van der Waals surface area contributed by atoms with Crippen molar-refractivity contribution in [1.29, 1.82) is 0 Å². The smallest absolute Gasteiger partial charge is 0.155 e. The monoisotopic (exact) mass is 311 g/mol. The number of nitrogens with one attached hydrogen (secondary N) is 1. The summed E-state index contributed by atoms with van der Waals surface area (Å²) < 4.78 is 0. The van der Waals surface area contributed by atoms with Crippen molar-refractivity contribution in [3.63, 3.8) is 0 Å². The first-order valence-electron chi connectivity index (χ1n) is 7.60. The van der Waals surface area contributed by atoms with Crippen molar-refractivity contribution in [2.45, 2.75) is 26.8 Å². The van der Waals surface area contributed by atoms with Crippen LogP contribution in [0.25, 0.3) is 10.9 Å². The Hall–Kier alpha value is -2.00. The fourth-order valence-corrected chi connectivity index (χ4v) is 3.50. The van der Waals surface area contributed by atoms with Crippen LogP contribution in [-0.4, -0.2) is 16.5 Å². The summed E-state index contributed by atoms with van der Waals surface area (Å²) >= 11 is 6.27. The lowest BCUT2D eigenvalue weighted by Gasteiger charge is -2.30. The van der Waals surface area contributed by atoms with Gasteiger partial charge < -0.3 is 9.88 Å². The second-order valence-electron chi connectivity index (χ2n) is 6.01. The van der Waals surface area contributed by atoms with Crippen LogP contribution in [0.5, 0.6) is 0 Å². The lowest BCUT2D eigenvalue weighted by molar-refractivity contribution is 0.723. The molecule has 0 saturated carbocycles. The number of hydrogen-bond acceptors (Lipinski definition) is 2. The molecular formula is C18H18ClN3. The van der Waals surface area contributed by atoms with Crippen LogP contribution in [0.3, 0.4) is 0 Å². The van der Waals surface area contributed by atoms with Gasteiger partial charge in [-0.2, -0.15) is 0 Å². The fourth-order valence-electron chi connectivity index (χ4n) is 3.31. The van der Waals surface area contributed by atoms with Crippen LogP contribution >= 0.6 is 11.6 Å². The molecule has 0 unspecified atom stereocenters. The molecule has 0 radical (unpaired) electrons. The van der Waals surface area contributed by atoms with Crippen molar-refractivity contribution in [2.75, 3.05) is 11.4 Å². The van der Waals surface area contributed by atoms with Crippen LogP contribution < -0.4 is 4.90 Å². The zero-order chi connectivity index (χ0) is 15.3. The number of aromatic nitrogens is 2. The lowest BCUT2D eigenvalue weighted by Crippen LogP contribution is -2.31. The average Bonchev–Trinajstić information content (AvgIpc) is 2.81. The minimum atomic E-state index is 0.559. The van der Waals surface area contributed by atoms with E-state index in [0.717, 1.165) is 30.8 Å². The Morgan fingerprint density at radius 3 is 2.77 bits per heavy atom. The normalized spacial score (nSPS) is 14.4. The molecule has 0 fully saturated rings. The van der Waals surface area contributed by atoms with Gasteiger partial charge in [0.2, 0.25) is 0 Å². The van der Waals surface area contributed by atoms with Gasteiger partial charge in [0.1, 0.15) is 5.15 Å². The van der Waals surface area contributed by atoms with E-state index >= 15 is 0 Å². The number of H-pyrrole nitrogens is 1. The Labute approximate surface area is 134 Å². The number of nitrogens with zero attached hydrogens (tertiary/aromatic N) is 2. The van der Waals surface area contributed by atoms with Gasteiger partial charge in [-0.3, -0.25) is 0 Å². The summed E-state index contributed by atoms with van der Waals surface area (Å²) in [6.45, 7) is 6.07. The highest BCUT2D eigenvalue weighted by molar-refractivity contribution is 6.30. The van der Waals surface area contributed by atoms with Crippen LogP contribution in [0, 0.1) is 13.8 Å². The van der Waals surface area contributed by atoms with Crippen molar-refractivity contribution in [3.8, 4) is 0 Å². The quantitative estimate of drug-likeness (QED) is 0.676. The van der Waals surface area contributed by atoms with E-state index in [4.69, 9.17) is 11.6 Å². The molecular weight excluding hydrogens is 294 g/mol. The molecule has 0 aliphatic carbocycles. The summed E-state index contributed by atoms with van der Waals surface area (Å²) in [4.78, 5) is 10.4. The number of benzene rings is 1. The molecule has 3 nitrogen and oxygen atoms in total. The Morgan fingerprint density at radius 1 is 1.18 bits per heavy atom. The summed E-state index contributed by atoms with van der Waals surface area (Å²) in [5.74, 6) is 0.966. The summed E-state index contributed by atoms with van der Waals surface area (Å²) in [5.41, 5.74) is 6.34. The Kier molecular flexibility index (Phi) is 3.12. The number of aromatic amines is 1. The third kappa shape index (κ3) is 2.08. The van der Waals surface area contributed by atoms with E-state index < -0.39 is 0 Å². The van der Waals surface area contributed by atoms with Gasteiger partial charge in [-0.15, -0.1) is 0 Å². The first kappa shape index (κ1) is 13.6. The topological polar surface area (TPSA) is 31.9 Å². The minimum absolute atomic E-state index is 0.559. The van der Waals surface area contributed by atoms with Crippen LogP contribution in [0.4, 0.5) is 5.82 Å². The number of halogens is 1. The van der Waals surface area contributed by atoms with Crippen molar-refractivity contribution >= 4 is 28.3 Å². The Balaban J connectivity index is 1.84. The average molecular weight is 312 g/mol. The first-order valence-corrected chi connectivity index (χ1v) is 7.98. The van der Waals surface area contributed by atoms with Crippen LogP contribution in [-0.2, 0) is 13.0 Å². The van der Waals surface area contributed by atoms with Gasteiger partial charge >= 0.3 is 0 Å². The second kappa shape index (κ2) is 5.03. The molecule has 0 saturated heterocycles. The maximum atomic E-state index is 6.27. The number of hydrogen-bond donors (Lipinski definition) is 1. The van der Waals surface area contributed by atoms with Crippen molar-refractivity contribution in [1.82, 2.24) is 9.97 Å². The third-order valence-electron chi connectivity index (χ3n) is 4.68. The number of pyridine rings is 1. The zero-order valence-electron chi connectivity index (χ0n) is 12.8. The van der Waals surface area contributed by atoms with Crippen molar-refractivity contribution in [3.05, 3.63) is 57.9 Å². The first-order chi connectivity index (χ1) is 10.6. The maximum absolute atomic E-state index is 6.27. The third-order valence-corrected chi connectivity index (χ3v) is 4.87. The molecule has 1 N–H and O–H groups in total. The number of fused-ring (bicyclic) bond motifs is 2. The highest BCUT2D eigenvalue weighted by Crippen LogP contribution is 2.33. The highest BCUT2D eigenvalue weighted by atomic mass is 35.5. The number of rotatable bonds is 1. The van der Waals surface area contributed by atoms with E-state index in [2.05, 4.69) is 53.0 Å². The molecule has 2 aromatic heterocycles. The molecule has 1 aliphatic heterocycles. The van der Waals surface area contributed by atoms with Gasteiger partial charge in [0.25, 0.3) is 0 Å². The van der Waals surface area contributed by atoms with Crippen LogP contribution in [0.2, 0.25) is 5.15 Å². The predicted molar refractivity (Wildman–Crippen MR) is 91.8 cm³/mol. The Bertz CT molecular complexity index is 866. The van der Waals surface area contributed by atoms with Gasteiger partial charge in [-0.05, 0) is 43.0 Å². The second-order valence-corrected chi connectivity index (χ2v) is 6.39. The number of aryl methyl sites for hydroxylation is 2. The standard InChI is InChI=1S/C18H18ClN3/c1-11-12(2)20-17-15(11)9-16(19)21-18(17)22-8-7-13-5-3-4-6-14(13)10-22/h3-6,9,20H,7-8,10H2,1-2H3. The van der Waals surface area contributed by atoms with Crippen molar-refractivity contribution < 1.29 is 0 Å². The van der Waals surface area contributed by atoms with Gasteiger partial charge in [0.05, 0.1) is 5.52 Å². The summed E-state index contributed by atoms with van der Waals surface area (Å²) in [6.07, 6.45) is 1.05. The van der Waals surface area contributed by atoms with Gasteiger partial charge in [0, 0.05) is 24.2 Å². The molecule has 112 valence electrons. The molecule has 22 heavy (non-hydrogen) atoms. The summed E-state index contributed by atoms with van der Waals surface area (Å²) in [6, 6.07) is 10.6. The van der Waals surface area contributed by atoms with Crippen LogP contribution in [0.1, 0.15) is 22.4 Å². The van der Waals surface area contributed by atoms with Crippen molar-refractivity contribution in [2.24, 2.45) is 0 Å². The van der Waals surface area contributed by atoms with E-state index in [1.54, 1.807) is 0 Å². The number of anilines is 1. The highest BCUT2D eigenvalue weighted by Gasteiger charge is 2.21. The molecule has 0 spiro atoms. The minimum Gasteiger partial charge on any atom is -0.355 e. The summed E-state index contributed by atoms with van der Waals surface area (Å²) in [7, 11) is 0. The molecule has 3 heterocycles. The zero-order valence-corrected chi connectivity index (χ0v) is 13.5. The molecule has 0 bridgehead atoms.